The van der Waals surface area contributed by atoms with Crippen molar-refractivity contribution in [1.29, 1.82) is 0 Å². The van der Waals surface area contributed by atoms with Crippen LogP contribution in [0.2, 0.25) is 0 Å². The monoisotopic (exact) mass is 444 g/mol. The van der Waals surface area contributed by atoms with Crippen LogP contribution in [0.4, 0.5) is 0 Å². The van der Waals surface area contributed by atoms with Gasteiger partial charge in [-0.2, -0.15) is 0 Å². The van der Waals surface area contributed by atoms with E-state index in [0.717, 1.165) is 30.6 Å². The van der Waals surface area contributed by atoms with Gasteiger partial charge in [-0.25, -0.2) is 0 Å². The first-order chi connectivity index (χ1) is 15.3. The number of allylic oxidation sites excluding steroid dienone is 3. The summed E-state index contributed by atoms with van der Waals surface area (Å²) in [5.41, 5.74) is 2.26. The van der Waals surface area contributed by atoms with Gasteiger partial charge >= 0.3 is 0 Å². The van der Waals surface area contributed by atoms with Gasteiger partial charge in [0.15, 0.2) is 0 Å². The van der Waals surface area contributed by atoms with E-state index in [4.69, 9.17) is 9.47 Å². The van der Waals surface area contributed by atoms with Crippen molar-refractivity contribution in [1.82, 2.24) is 0 Å². The van der Waals surface area contributed by atoms with Crippen molar-refractivity contribution in [2.45, 2.75) is 105 Å². The molecule has 2 fully saturated rings. The summed E-state index contributed by atoms with van der Waals surface area (Å²) in [6.45, 7) is 22.8. The largest absolute Gasteiger partial charge is 0.492 e. The maximum Gasteiger partial charge on any atom is 0.111 e. The van der Waals surface area contributed by atoms with E-state index in [1.54, 1.807) is 0 Å². The van der Waals surface area contributed by atoms with E-state index in [9.17, 15) is 0 Å². The van der Waals surface area contributed by atoms with Crippen molar-refractivity contribution in [2.24, 2.45) is 28.6 Å². The molecule has 0 radical (unpaired) electrons. The summed E-state index contributed by atoms with van der Waals surface area (Å²) in [5, 5.41) is 0. The van der Waals surface area contributed by atoms with Gasteiger partial charge in [0.1, 0.15) is 12.4 Å². The molecular weight excluding hydrogens is 392 g/mol. The van der Waals surface area contributed by atoms with Gasteiger partial charge in [0.2, 0.25) is 0 Å². The number of ether oxygens (including phenoxy) is 2. The summed E-state index contributed by atoms with van der Waals surface area (Å²) < 4.78 is 11.4. The van der Waals surface area contributed by atoms with Crippen molar-refractivity contribution in [2.75, 3.05) is 19.8 Å². The maximum absolute atomic E-state index is 5.80. The Kier molecular flexibility index (Phi) is 11.1. The SMILES string of the molecule is C=C(/C=C/C1CC2(C)CCCC(C)(C(=C)CCCC)C2CC1CC)OCCOCCCC. The highest BCUT2D eigenvalue weighted by Crippen LogP contribution is 2.63. The van der Waals surface area contributed by atoms with E-state index >= 15 is 0 Å². The lowest BCUT2D eigenvalue weighted by molar-refractivity contribution is -0.0577. The van der Waals surface area contributed by atoms with Gasteiger partial charge in [0, 0.05) is 6.61 Å². The lowest BCUT2D eigenvalue weighted by atomic mass is 9.46. The molecule has 0 bridgehead atoms. The molecule has 2 rings (SSSR count). The zero-order valence-corrected chi connectivity index (χ0v) is 22.0. The van der Waals surface area contributed by atoms with Gasteiger partial charge in [-0.1, -0.05) is 85.1 Å². The summed E-state index contributed by atoms with van der Waals surface area (Å²) in [6.07, 6.45) is 18.5. The molecule has 0 saturated heterocycles. The highest BCUT2D eigenvalue weighted by molar-refractivity contribution is 5.19. The molecule has 32 heavy (non-hydrogen) atoms. The Morgan fingerprint density at radius 3 is 2.44 bits per heavy atom. The van der Waals surface area contributed by atoms with Gasteiger partial charge in [-0.15, -0.1) is 0 Å². The number of hydrogen-bond acceptors (Lipinski definition) is 2. The zero-order chi connectivity index (χ0) is 23.6. The molecule has 0 heterocycles. The van der Waals surface area contributed by atoms with Crippen LogP contribution in [0.1, 0.15) is 105 Å². The minimum atomic E-state index is 0.314. The molecule has 5 unspecified atom stereocenters. The van der Waals surface area contributed by atoms with Crippen molar-refractivity contribution >= 4 is 0 Å². The summed E-state index contributed by atoms with van der Waals surface area (Å²) in [7, 11) is 0. The lowest BCUT2D eigenvalue weighted by Gasteiger charge is -2.59. The summed E-state index contributed by atoms with van der Waals surface area (Å²) in [5.74, 6) is 2.90. The van der Waals surface area contributed by atoms with Crippen molar-refractivity contribution in [3.63, 3.8) is 0 Å². The van der Waals surface area contributed by atoms with E-state index in [1.165, 1.54) is 69.8 Å². The fraction of sp³-hybridized carbons (Fsp3) is 0.800. The fourth-order valence-corrected chi connectivity index (χ4v) is 6.60. The first-order valence-electron chi connectivity index (χ1n) is 13.6. The van der Waals surface area contributed by atoms with Crippen LogP contribution in [-0.4, -0.2) is 19.8 Å². The first-order valence-corrected chi connectivity index (χ1v) is 13.6. The second kappa shape index (κ2) is 13.0. The molecule has 0 aromatic heterocycles. The van der Waals surface area contributed by atoms with Crippen molar-refractivity contribution in [3.05, 3.63) is 36.6 Å². The first kappa shape index (κ1) is 27.2. The highest BCUT2D eigenvalue weighted by Gasteiger charge is 2.53. The summed E-state index contributed by atoms with van der Waals surface area (Å²) in [6, 6.07) is 0. The number of rotatable bonds is 14. The second-order valence-electron chi connectivity index (χ2n) is 11.1. The molecule has 2 heteroatoms. The van der Waals surface area contributed by atoms with Crippen molar-refractivity contribution in [3.8, 4) is 0 Å². The standard InChI is InChI=1S/C30H52O2/c1-8-11-14-24(4)30(7)18-13-17-29(6)23-27(26(10-3)22-28(29)30)16-15-25(5)32-21-20-31-19-12-9-2/h15-16,26-28H,4-5,8-14,17-23H2,1-3,6-7H3/b16-15+. The summed E-state index contributed by atoms with van der Waals surface area (Å²) >= 11 is 0. The molecule has 2 aliphatic rings. The Labute approximate surface area is 199 Å². The predicted octanol–water partition coefficient (Wildman–Crippen LogP) is 8.88. The van der Waals surface area contributed by atoms with Crippen LogP contribution in [0, 0.1) is 28.6 Å². The average molecular weight is 445 g/mol. The van der Waals surface area contributed by atoms with E-state index in [-0.39, 0.29) is 0 Å². The molecule has 2 aliphatic carbocycles. The molecule has 2 nitrogen and oxygen atoms in total. The van der Waals surface area contributed by atoms with E-state index in [1.807, 2.05) is 0 Å². The van der Waals surface area contributed by atoms with Gasteiger partial charge in [0.25, 0.3) is 0 Å². The number of unbranched alkanes of at least 4 members (excludes halogenated alkanes) is 2. The zero-order valence-electron chi connectivity index (χ0n) is 22.0. The number of hydrogen-bond donors (Lipinski definition) is 0. The quantitative estimate of drug-likeness (QED) is 0.115. The van der Waals surface area contributed by atoms with Gasteiger partial charge < -0.3 is 9.47 Å². The minimum Gasteiger partial charge on any atom is -0.492 e. The Morgan fingerprint density at radius 1 is 1.00 bits per heavy atom. The van der Waals surface area contributed by atoms with Crippen LogP contribution in [0.5, 0.6) is 0 Å². The molecule has 0 amide bonds. The fourth-order valence-electron chi connectivity index (χ4n) is 6.60. The van der Waals surface area contributed by atoms with Crippen LogP contribution >= 0.6 is 0 Å². The lowest BCUT2D eigenvalue weighted by Crippen LogP contribution is -2.50. The molecular formula is C30H52O2. The molecule has 0 aromatic carbocycles. The van der Waals surface area contributed by atoms with Crippen LogP contribution in [0.3, 0.4) is 0 Å². The van der Waals surface area contributed by atoms with Gasteiger partial charge in [-0.05, 0) is 79.6 Å². The Hall–Kier alpha value is -1.02. The van der Waals surface area contributed by atoms with Gasteiger partial charge in [-0.3, -0.25) is 0 Å². The Balaban J connectivity index is 1.99. The molecule has 0 spiro atoms. The van der Waals surface area contributed by atoms with E-state index < -0.39 is 0 Å². The van der Waals surface area contributed by atoms with Crippen LogP contribution in [0.15, 0.2) is 36.6 Å². The molecule has 5 atom stereocenters. The molecule has 0 N–H and O–H groups in total. The minimum absolute atomic E-state index is 0.314. The third-order valence-corrected chi connectivity index (χ3v) is 8.75. The highest BCUT2D eigenvalue weighted by atomic mass is 16.5. The van der Waals surface area contributed by atoms with Crippen molar-refractivity contribution < 1.29 is 9.47 Å². The third kappa shape index (κ3) is 6.99. The average Bonchev–Trinajstić information content (AvgIpc) is 2.77. The topological polar surface area (TPSA) is 18.5 Å². The second-order valence-corrected chi connectivity index (χ2v) is 11.1. The Morgan fingerprint density at radius 2 is 1.75 bits per heavy atom. The molecule has 0 aromatic rings. The summed E-state index contributed by atoms with van der Waals surface area (Å²) in [4.78, 5) is 0. The number of fused-ring (bicyclic) bond motifs is 1. The van der Waals surface area contributed by atoms with Crippen LogP contribution in [0.25, 0.3) is 0 Å². The molecule has 2 saturated carbocycles. The molecule has 184 valence electrons. The maximum atomic E-state index is 5.80. The normalized spacial score (nSPS) is 32.6. The smallest absolute Gasteiger partial charge is 0.111 e. The van der Waals surface area contributed by atoms with E-state index in [0.29, 0.717) is 30.0 Å². The van der Waals surface area contributed by atoms with Crippen LogP contribution < -0.4 is 0 Å². The van der Waals surface area contributed by atoms with Crippen LogP contribution in [-0.2, 0) is 9.47 Å². The third-order valence-electron chi connectivity index (χ3n) is 8.75. The molecule has 0 aliphatic heterocycles. The van der Waals surface area contributed by atoms with E-state index in [2.05, 4.69) is 59.9 Å². The predicted molar refractivity (Wildman–Crippen MR) is 139 cm³/mol. The Bertz CT molecular complexity index is 620. The van der Waals surface area contributed by atoms with Gasteiger partial charge in [0.05, 0.1) is 6.61 Å².